The summed E-state index contributed by atoms with van der Waals surface area (Å²) in [5.74, 6) is 1.81. The molecular weight excluding hydrogens is 581 g/mol. The smallest absolute Gasteiger partial charge is 0.135 e. The summed E-state index contributed by atoms with van der Waals surface area (Å²) < 4.78 is 6.50. The first kappa shape index (κ1) is 27.2. The van der Waals surface area contributed by atoms with E-state index < -0.39 is 0 Å². The van der Waals surface area contributed by atoms with Crippen LogP contribution in [0.15, 0.2) is 158 Å². The largest absolute Gasteiger partial charge is 0.456 e. The van der Waals surface area contributed by atoms with E-state index in [4.69, 9.17) is 4.74 Å². The molecule has 0 saturated heterocycles. The molecule has 2 aliphatic rings. The highest BCUT2D eigenvalue weighted by molar-refractivity contribution is 6.10. The molecule has 1 aliphatic carbocycles. The Hall–Kier alpha value is -5.92. The van der Waals surface area contributed by atoms with Gasteiger partial charge in [-0.05, 0) is 114 Å². The van der Waals surface area contributed by atoms with Gasteiger partial charge in [0.25, 0.3) is 0 Å². The van der Waals surface area contributed by atoms with E-state index in [-0.39, 0.29) is 5.41 Å². The Morgan fingerprint density at radius 2 is 1.06 bits per heavy atom. The molecule has 1 nitrogen and oxygen atoms in total. The Labute approximate surface area is 280 Å². The predicted molar refractivity (Wildman–Crippen MR) is 201 cm³/mol. The molecule has 0 atom stereocenters. The van der Waals surface area contributed by atoms with Gasteiger partial charge >= 0.3 is 0 Å². The summed E-state index contributed by atoms with van der Waals surface area (Å²) in [4.78, 5) is 0. The summed E-state index contributed by atoms with van der Waals surface area (Å²) >= 11 is 0. The maximum atomic E-state index is 6.50. The molecule has 1 aliphatic heterocycles. The van der Waals surface area contributed by atoms with Crippen molar-refractivity contribution in [2.24, 2.45) is 0 Å². The third kappa shape index (κ3) is 3.98. The Bertz CT molecular complexity index is 2590. The van der Waals surface area contributed by atoms with Crippen molar-refractivity contribution in [3.05, 3.63) is 169 Å². The van der Waals surface area contributed by atoms with Gasteiger partial charge in [-0.25, -0.2) is 0 Å². The van der Waals surface area contributed by atoms with E-state index in [9.17, 15) is 0 Å². The van der Waals surface area contributed by atoms with Gasteiger partial charge in [0, 0.05) is 16.4 Å². The first-order valence-electron chi connectivity index (χ1n) is 16.8. The Morgan fingerprint density at radius 1 is 0.375 bits per heavy atom. The van der Waals surface area contributed by atoms with E-state index in [1.807, 2.05) is 0 Å². The summed E-state index contributed by atoms with van der Waals surface area (Å²) in [6.07, 6.45) is 0. The molecule has 8 aromatic rings. The van der Waals surface area contributed by atoms with Crippen LogP contribution >= 0.6 is 0 Å². The fourth-order valence-electron chi connectivity index (χ4n) is 8.16. The molecule has 0 N–H and O–H groups in total. The van der Waals surface area contributed by atoms with Gasteiger partial charge in [-0.2, -0.15) is 0 Å². The number of rotatable bonds is 3. The molecule has 10 rings (SSSR count). The first-order chi connectivity index (χ1) is 23.5. The molecule has 0 aromatic heterocycles. The summed E-state index contributed by atoms with van der Waals surface area (Å²) in [5, 5.41) is 4.95. The predicted octanol–water partition coefficient (Wildman–Crippen LogP) is 13.1. The standard InChI is InChI=1S/C47H32O/c1-47(2)42-14-7-6-11-37(42)40-26-34-20-19-32(25-35(34)28-43(40)47)30-15-17-31(18-16-30)36-22-24-45-46-38(36)12-8-13-39(46)41-27-33(21-23-44(41)48-45)29-9-4-3-5-10-29/h3-28H,1-2H3. The van der Waals surface area contributed by atoms with Crippen molar-refractivity contribution in [3.63, 3.8) is 0 Å². The lowest BCUT2D eigenvalue weighted by molar-refractivity contribution is 0.487. The summed E-state index contributed by atoms with van der Waals surface area (Å²) in [6.45, 7) is 4.70. The monoisotopic (exact) mass is 612 g/mol. The Morgan fingerprint density at radius 3 is 1.94 bits per heavy atom. The third-order valence-corrected chi connectivity index (χ3v) is 10.7. The van der Waals surface area contributed by atoms with Gasteiger partial charge in [-0.3, -0.25) is 0 Å². The third-order valence-electron chi connectivity index (χ3n) is 10.7. The van der Waals surface area contributed by atoms with Crippen LogP contribution < -0.4 is 4.74 Å². The minimum absolute atomic E-state index is 0.00622. The molecule has 8 aromatic carbocycles. The second-order valence-corrected chi connectivity index (χ2v) is 13.7. The molecule has 226 valence electrons. The quantitative estimate of drug-likeness (QED) is 0.193. The van der Waals surface area contributed by atoms with Gasteiger partial charge in [0.2, 0.25) is 0 Å². The lowest BCUT2D eigenvalue weighted by atomic mass is 9.82. The number of fused-ring (bicyclic) bond motifs is 6. The highest BCUT2D eigenvalue weighted by Gasteiger charge is 2.35. The van der Waals surface area contributed by atoms with Crippen molar-refractivity contribution < 1.29 is 4.74 Å². The van der Waals surface area contributed by atoms with Crippen LogP contribution in [0.4, 0.5) is 0 Å². The maximum Gasteiger partial charge on any atom is 0.135 e. The zero-order chi connectivity index (χ0) is 32.0. The molecule has 48 heavy (non-hydrogen) atoms. The van der Waals surface area contributed by atoms with Gasteiger partial charge < -0.3 is 4.74 Å². The van der Waals surface area contributed by atoms with Crippen LogP contribution in [0.3, 0.4) is 0 Å². The second kappa shape index (κ2) is 10.0. The number of ether oxygens (including phenoxy) is 1. The zero-order valence-corrected chi connectivity index (χ0v) is 26.9. The summed E-state index contributed by atoms with van der Waals surface area (Å²) in [6, 6.07) is 57.6. The minimum Gasteiger partial charge on any atom is -0.456 e. The molecule has 0 radical (unpaired) electrons. The van der Waals surface area contributed by atoms with Crippen LogP contribution in [0.2, 0.25) is 0 Å². The van der Waals surface area contributed by atoms with E-state index in [2.05, 4.69) is 172 Å². The molecule has 0 amide bonds. The summed E-state index contributed by atoms with van der Waals surface area (Å²) in [5.41, 5.74) is 15.2. The van der Waals surface area contributed by atoms with E-state index in [1.165, 1.54) is 82.7 Å². The highest BCUT2D eigenvalue weighted by atomic mass is 16.5. The van der Waals surface area contributed by atoms with Crippen molar-refractivity contribution in [2.75, 3.05) is 0 Å². The number of hydrogen-bond donors (Lipinski definition) is 0. The molecule has 0 bridgehead atoms. The van der Waals surface area contributed by atoms with E-state index in [1.54, 1.807) is 0 Å². The molecule has 0 saturated carbocycles. The number of benzene rings is 8. The molecule has 1 heteroatoms. The van der Waals surface area contributed by atoms with Gasteiger partial charge in [0.1, 0.15) is 11.5 Å². The SMILES string of the molecule is CC1(C)c2ccccc2-c2cc3ccc(-c4ccc(-c5ccc6c7c(cccc57)-c5cc(-c7ccccc7)ccc5O6)cc4)cc3cc21. The molecule has 0 fully saturated rings. The lowest BCUT2D eigenvalue weighted by Gasteiger charge is -2.23. The molecule has 1 heterocycles. The maximum absolute atomic E-state index is 6.50. The normalized spacial score (nSPS) is 13.5. The van der Waals surface area contributed by atoms with E-state index >= 15 is 0 Å². The first-order valence-corrected chi connectivity index (χ1v) is 16.8. The fourth-order valence-corrected chi connectivity index (χ4v) is 8.16. The van der Waals surface area contributed by atoms with Crippen molar-refractivity contribution in [2.45, 2.75) is 19.3 Å². The van der Waals surface area contributed by atoms with Crippen LogP contribution in [0.5, 0.6) is 11.5 Å². The van der Waals surface area contributed by atoms with Crippen molar-refractivity contribution in [3.8, 4) is 67.1 Å². The Kier molecular flexibility index (Phi) is 5.69. The van der Waals surface area contributed by atoms with Gasteiger partial charge in [-0.15, -0.1) is 0 Å². The van der Waals surface area contributed by atoms with Gasteiger partial charge in [0.15, 0.2) is 0 Å². The van der Waals surface area contributed by atoms with E-state index in [0.717, 1.165) is 17.1 Å². The summed E-state index contributed by atoms with van der Waals surface area (Å²) in [7, 11) is 0. The Balaban J connectivity index is 1.02. The fraction of sp³-hybridized carbons (Fsp3) is 0.0638. The zero-order valence-electron chi connectivity index (χ0n) is 26.9. The molecule has 0 spiro atoms. The van der Waals surface area contributed by atoms with Crippen LogP contribution in [0, 0.1) is 0 Å². The number of hydrogen-bond acceptors (Lipinski definition) is 1. The van der Waals surface area contributed by atoms with Crippen LogP contribution in [0.25, 0.3) is 77.2 Å². The van der Waals surface area contributed by atoms with Crippen LogP contribution in [-0.4, -0.2) is 0 Å². The van der Waals surface area contributed by atoms with Crippen molar-refractivity contribution >= 4 is 21.5 Å². The van der Waals surface area contributed by atoms with Gasteiger partial charge in [0.05, 0.1) is 0 Å². The van der Waals surface area contributed by atoms with Gasteiger partial charge in [-0.1, -0.05) is 135 Å². The topological polar surface area (TPSA) is 9.23 Å². The lowest BCUT2D eigenvalue weighted by Crippen LogP contribution is -2.14. The highest BCUT2D eigenvalue weighted by Crippen LogP contribution is 2.51. The second-order valence-electron chi connectivity index (χ2n) is 13.7. The molecule has 0 unspecified atom stereocenters. The average molecular weight is 613 g/mol. The van der Waals surface area contributed by atoms with E-state index in [0.29, 0.717) is 0 Å². The van der Waals surface area contributed by atoms with Crippen LogP contribution in [0.1, 0.15) is 25.0 Å². The van der Waals surface area contributed by atoms with Crippen molar-refractivity contribution in [1.29, 1.82) is 0 Å². The molecular formula is C47H32O. The minimum atomic E-state index is -0.00622. The van der Waals surface area contributed by atoms with Crippen molar-refractivity contribution in [1.82, 2.24) is 0 Å². The average Bonchev–Trinajstić information content (AvgIpc) is 3.36. The van der Waals surface area contributed by atoms with Crippen LogP contribution in [-0.2, 0) is 5.41 Å².